The summed E-state index contributed by atoms with van der Waals surface area (Å²) >= 11 is 0. The maximum absolute atomic E-state index is 8.98. The summed E-state index contributed by atoms with van der Waals surface area (Å²) in [5.41, 5.74) is 0. The van der Waals surface area contributed by atoms with Gasteiger partial charge in [0.25, 0.3) is 0 Å². The Morgan fingerprint density at radius 1 is 1.64 bits per heavy atom. The van der Waals surface area contributed by atoms with E-state index in [9.17, 15) is 0 Å². The number of aliphatic hydroxyl groups is 2. The standard InChI is InChI=1S/C7H15N2O2/c10-5-7(11)4-9-6-1-2-8-3-6/h6-7,9-11H,1-5H2. The molecule has 1 radical (unpaired) electrons. The van der Waals surface area contributed by atoms with E-state index in [2.05, 4.69) is 10.6 Å². The van der Waals surface area contributed by atoms with Gasteiger partial charge in [-0.15, -0.1) is 0 Å². The van der Waals surface area contributed by atoms with E-state index in [0.717, 1.165) is 19.5 Å². The summed E-state index contributed by atoms with van der Waals surface area (Å²) in [6, 6.07) is 0.413. The van der Waals surface area contributed by atoms with Crippen LogP contribution >= 0.6 is 0 Å². The molecule has 4 heteroatoms. The van der Waals surface area contributed by atoms with Crippen molar-refractivity contribution >= 4 is 0 Å². The van der Waals surface area contributed by atoms with Crippen LogP contribution in [-0.4, -0.2) is 48.6 Å². The molecule has 1 aliphatic heterocycles. The maximum atomic E-state index is 8.98. The van der Waals surface area contributed by atoms with Gasteiger partial charge in [0, 0.05) is 25.7 Å². The van der Waals surface area contributed by atoms with Crippen LogP contribution in [0, 0.1) is 0 Å². The van der Waals surface area contributed by atoms with Crippen molar-refractivity contribution in [2.75, 3.05) is 26.2 Å². The first kappa shape index (κ1) is 8.93. The van der Waals surface area contributed by atoms with E-state index in [4.69, 9.17) is 10.2 Å². The Hall–Kier alpha value is -0.160. The van der Waals surface area contributed by atoms with Crippen molar-refractivity contribution in [2.45, 2.75) is 18.6 Å². The second-order valence-electron chi connectivity index (χ2n) is 2.86. The minimum Gasteiger partial charge on any atom is -0.394 e. The van der Waals surface area contributed by atoms with Crippen LogP contribution in [0.15, 0.2) is 0 Å². The summed E-state index contributed by atoms with van der Waals surface area (Å²) < 4.78 is 0. The molecule has 1 rings (SSSR count). The Balaban J connectivity index is 2.01. The lowest BCUT2D eigenvalue weighted by molar-refractivity contribution is 0.0924. The van der Waals surface area contributed by atoms with Crippen LogP contribution < -0.4 is 10.6 Å². The molecule has 0 saturated carbocycles. The zero-order valence-electron chi connectivity index (χ0n) is 6.53. The van der Waals surface area contributed by atoms with E-state index in [-0.39, 0.29) is 6.61 Å². The topological polar surface area (TPSA) is 66.6 Å². The molecule has 2 unspecified atom stereocenters. The van der Waals surface area contributed by atoms with Crippen molar-refractivity contribution in [3.05, 3.63) is 0 Å². The second-order valence-corrected chi connectivity index (χ2v) is 2.86. The highest BCUT2D eigenvalue weighted by atomic mass is 16.3. The largest absolute Gasteiger partial charge is 0.394 e. The van der Waals surface area contributed by atoms with Crippen LogP contribution in [0.2, 0.25) is 0 Å². The molecule has 0 aromatic carbocycles. The molecule has 1 saturated heterocycles. The predicted octanol–water partition coefficient (Wildman–Crippen LogP) is -1.69. The highest BCUT2D eigenvalue weighted by Gasteiger charge is 2.15. The monoisotopic (exact) mass is 159 g/mol. The molecule has 1 aliphatic rings. The van der Waals surface area contributed by atoms with Crippen LogP contribution in [0.25, 0.3) is 0 Å². The number of hydrogen-bond acceptors (Lipinski definition) is 3. The van der Waals surface area contributed by atoms with Crippen molar-refractivity contribution in [3.8, 4) is 0 Å². The lowest BCUT2D eigenvalue weighted by atomic mass is 10.2. The van der Waals surface area contributed by atoms with Gasteiger partial charge < -0.3 is 15.5 Å². The van der Waals surface area contributed by atoms with E-state index in [1.165, 1.54) is 0 Å². The average Bonchev–Trinajstić information content (AvgIpc) is 2.52. The number of hydrogen-bond donors (Lipinski definition) is 3. The third-order valence-corrected chi connectivity index (χ3v) is 1.84. The van der Waals surface area contributed by atoms with E-state index in [0.29, 0.717) is 12.6 Å². The van der Waals surface area contributed by atoms with Crippen molar-refractivity contribution < 1.29 is 10.2 Å². The molecule has 4 nitrogen and oxygen atoms in total. The molecular weight excluding hydrogens is 144 g/mol. The zero-order valence-corrected chi connectivity index (χ0v) is 6.53. The summed E-state index contributed by atoms with van der Waals surface area (Å²) in [7, 11) is 0. The quantitative estimate of drug-likeness (QED) is 0.458. The fourth-order valence-electron chi connectivity index (χ4n) is 1.12. The van der Waals surface area contributed by atoms with Crippen LogP contribution in [0.1, 0.15) is 6.42 Å². The molecule has 2 atom stereocenters. The number of nitrogens with zero attached hydrogens (tertiary/aromatic N) is 1. The predicted molar refractivity (Wildman–Crippen MR) is 41.4 cm³/mol. The van der Waals surface area contributed by atoms with Gasteiger partial charge in [-0.3, -0.25) is 0 Å². The van der Waals surface area contributed by atoms with Gasteiger partial charge in [-0.1, -0.05) is 0 Å². The molecule has 1 heterocycles. The zero-order chi connectivity index (χ0) is 8.10. The average molecular weight is 159 g/mol. The third-order valence-electron chi connectivity index (χ3n) is 1.84. The van der Waals surface area contributed by atoms with Gasteiger partial charge in [0.2, 0.25) is 0 Å². The minimum atomic E-state index is -0.629. The summed E-state index contributed by atoms with van der Waals surface area (Å²) in [5.74, 6) is 0. The van der Waals surface area contributed by atoms with Gasteiger partial charge in [0.05, 0.1) is 12.7 Å². The Bertz CT molecular complexity index is 105. The van der Waals surface area contributed by atoms with Crippen LogP contribution in [0.5, 0.6) is 0 Å². The van der Waals surface area contributed by atoms with Gasteiger partial charge in [-0.2, -0.15) is 0 Å². The van der Waals surface area contributed by atoms with E-state index >= 15 is 0 Å². The van der Waals surface area contributed by atoms with Gasteiger partial charge in [-0.25, -0.2) is 5.32 Å². The summed E-state index contributed by atoms with van der Waals surface area (Å²) in [6.45, 7) is 2.07. The smallest absolute Gasteiger partial charge is 0.0895 e. The Morgan fingerprint density at radius 3 is 3.00 bits per heavy atom. The van der Waals surface area contributed by atoms with Crippen molar-refractivity contribution in [1.82, 2.24) is 10.6 Å². The number of nitrogens with one attached hydrogen (secondary N) is 1. The van der Waals surface area contributed by atoms with Crippen LogP contribution in [0.3, 0.4) is 0 Å². The number of rotatable bonds is 4. The summed E-state index contributed by atoms with van der Waals surface area (Å²) in [6.07, 6.45) is 0.425. The molecule has 0 aliphatic carbocycles. The van der Waals surface area contributed by atoms with Crippen molar-refractivity contribution in [3.63, 3.8) is 0 Å². The van der Waals surface area contributed by atoms with Gasteiger partial charge >= 0.3 is 0 Å². The van der Waals surface area contributed by atoms with Gasteiger partial charge in [-0.05, 0) is 6.42 Å². The minimum absolute atomic E-state index is 0.170. The third kappa shape index (κ3) is 3.16. The van der Waals surface area contributed by atoms with Gasteiger partial charge in [0.1, 0.15) is 0 Å². The second kappa shape index (κ2) is 4.66. The fraction of sp³-hybridized carbons (Fsp3) is 1.00. The molecule has 0 aromatic heterocycles. The lowest BCUT2D eigenvalue weighted by Crippen LogP contribution is -2.37. The first-order valence-corrected chi connectivity index (χ1v) is 3.98. The van der Waals surface area contributed by atoms with Crippen LogP contribution in [0.4, 0.5) is 0 Å². The Kier molecular flexibility index (Phi) is 3.79. The molecule has 0 bridgehead atoms. The first-order chi connectivity index (χ1) is 5.33. The van der Waals surface area contributed by atoms with E-state index in [1.807, 2.05) is 0 Å². The molecule has 11 heavy (non-hydrogen) atoms. The highest BCUT2D eigenvalue weighted by molar-refractivity contribution is 4.77. The fourth-order valence-corrected chi connectivity index (χ4v) is 1.12. The molecule has 0 spiro atoms. The van der Waals surface area contributed by atoms with Crippen molar-refractivity contribution in [1.29, 1.82) is 0 Å². The normalized spacial score (nSPS) is 27.3. The Morgan fingerprint density at radius 2 is 2.45 bits per heavy atom. The SMILES string of the molecule is OCC(O)CNC1CC[N]C1. The van der Waals surface area contributed by atoms with E-state index in [1.54, 1.807) is 0 Å². The molecule has 3 N–H and O–H groups in total. The molecular formula is C7H15N2O2. The van der Waals surface area contributed by atoms with E-state index < -0.39 is 6.10 Å². The molecule has 1 fully saturated rings. The Labute approximate surface area is 66.6 Å². The maximum Gasteiger partial charge on any atom is 0.0895 e. The summed E-state index contributed by atoms with van der Waals surface area (Å²) in [5, 5.41) is 24.8. The highest BCUT2D eigenvalue weighted by Crippen LogP contribution is 1.98. The van der Waals surface area contributed by atoms with Gasteiger partial charge in [0.15, 0.2) is 0 Å². The number of aliphatic hydroxyl groups excluding tert-OH is 2. The molecule has 0 aromatic rings. The first-order valence-electron chi connectivity index (χ1n) is 3.98. The molecule has 0 amide bonds. The van der Waals surface area contributed by atoms with Crippen LogP contribution in [-0.2, 0) is 0 Å². The van der Waals surface area contributed by atoms with Crippen molar-refractivity contribution in [2.24, 2.45) is 0 Å². The lowest BCUT2D eigenvalue weighted by Gasteiger charge is -2.13. The molecule has 65 valence electrons. The summed E-state index contributed by atoms with van der Waals surface area (Å²) in [4.78, 5) is 0.